The van der Waals surface area contributed by atoms with Gasteiger partial charge in [-0.25, -0.2) is 0 Å². The summed E-state index contributed by atoms with van der Waals surface area (Å²) in [6.45, 7) is 6.01. The van der Waals surface area contributed by atoms with E-state index in [4.69, 9.17) is 0 Å². The smallest absolute Gasteiger partial charge is 0.257 e. The third-order valence-electron chi connectivity index (χ3n) is 4.76. The number of benzene rings is 1. The molecular weight excluding hydrogens is 306 g/mol. The number of hydrogen-bond donors (Lipinski definition) is 1. The van der Waals surface area contributed by atoms with Crippen LogP contribution in [0, 0.1) is 0 Å². The first-order chi connectivity index (χ1) is 11.3. The fourth-order valence-electron chi connectivity index (χ4n) is 3.65. The summed E-state index contributed by atoms with van der Waals surface area (Å²) < 4.78 is 0. The molecule has 1 N–H and O–H groups in total. The maximum Gasteiger partial charge on any atom is 0.257 e. The van der Waals surface area contributed by atoms with Gasteiger partial charge in [-0.3, -0.25) is 19.3 Å². The molecule has 2 aliphatic rings. The Hall–Kier alpha value is -2.37. The van der Waals surface area contributed by atoms with Gasteiger partial charge in [0.05, 0.1) is 11.3 Å². The van der Waals surface area contributed by atoms with E-state index >= 15 is 0 Å². The maximum atomic E-state index is 13.0. The van der Waals surface area contributed by atoms with Crippen LogP contribution in [-0.4, -0.2) is 40.9 Å². The van der Waals surface area contributed by atoms with Gasteiger partial charge in [0.2, 0.25) is 11.8 Å². The Morgan fingerprint density at radius 1 is 1.29 bits per heavy atom. The zero-order chi connectivity index (χ0) is 17.5. The van der Waals surface area contributed by atoms with E-state index in [1.807, 2.05) is 32.9 Å². The van der Waals surface area contributed by atoms with Crippen LogP contribution >= 0.6 is 0 Å². The van der Waals surface area contributed by atoms with E-state index in [-0.39, 0.29) is 30.2 Å². The molecule has 3 amide bonds. The molecule has 0 radical (unpaired) electrons. The number of fused-ring (bicyclic) bond motifs is 3. The average molecular weight is 329 g/mol. The molecule has 6 nitrogen and oxygen atoms in total. The van der Waals surface area contributed by atoms with Crippen molar-refractivity contribution in [3.05, 3.63) is 29.8 Å². The molecule has 0 unspecified atom stereocenters. The zero-order valence-electron chi connectivity index (χ0n) is 14.3. The summed E-state index contributed by atoms with van der Waals surface area (Å²) in [4.78, 5) is 40.8. The number of anilines is 1. The molecule has 0 aliphatic carbocycles. The Labute approximate surface area is 141 Å². The molecule has 6 heteroatoms. The number of para-hydroxylation sites is 1. The van der Waals surface area contributed by atoms with Crippen molar-refractivity contribution in [1.29, 1.82) is 0 Å². The van der Waals surface area contributed by atoms with Gasteiger partial charge in [0.1, 0.15) is 5.66 Å². The summed E-state index contributed by atoms with van der Waals surface area (Å²) >= 11 is 0. The maximum absolute atomic E-state index is 13.0. The van der Waals surface area contributed by atoms with Crippen molar-refractivity contribution >= 4 is 23.4 Å². The second-order valence-electron chi connectivity index (χ2n) is 6.89. The van der Waals surface area contributed by atoms with E-state index in [0.717, 1.165) is 0 Å². The highest BCUT2D eigenvalue weighted by molar-refractivity contribution is 6.10. The van der Waals surface area contributed by atoms with Crippen molar-refractivity contribution < 1.29 is 14.4 Å². The molecule has 0 spiro atoms. The average Bonchev–Trinajstić information content (AvgIpc) is 2.82. The summed E-state index contributed by atoms with van der Waals surface area (Å²) in [6.07, 6.45) is 1.22. The van der Waals surface area contributed by atoms with Gasteiger partial charge >= 0.3 is 0 Å². The number of nitrogens with one attached hydrogen (secondary N) is 1. The molecule has 1 atom stereocenters. The van der Waals surface area contributed by atoms with Gasteiger partial charge in [0.25, 0.3) is 5.91 Å². The molecule has 1 fully saturated rings. The van der Waals surface area contributed by atoms with Crippen molar-refractivity contribution in [2.75, 3.05) is 11.4 Å². The van der Waals surface area contributed by atoms with Crippen LogP contribution in [-0.2, 0) is 9.59 Å². The quantitative estimate of drug-likeness (QED) is 0.917. The minimum Gasteiger partial charge on any atom is -0.354 e. The van der Waals surface area contributed by atoms with E-state index in [2.05, 4.69) is 5.32 Å². The standard InChI is InChI=1S/C18H23N3O3/c1-12(2)19-15(22)9-11-20-17(24)13-6-4-5-7-14(13)21-16(23)8-10-18(20,21)3/h4-7,12H,8-11H2,1-3H3,(H,19,22)/t18-/m1/s1. The Morgan fingerprint density at radius 3 is 2.71 bits per heavy atom. The predicted molar refractivity (Wildman–Crippen MR) is 90.5 cm³/mol. The Kier molecular flexibility index (Phi) is 4.07. The van der Waals surface area contributed by atoms with E-state index < -0.39 is 5.66 Å². The van der Waals surface area contributed by atoms with Gasteiger partial charge in [-0.05, 0) is 39.3 Å². The number of nitrogens with zero attached hydrogens (tertiary/aromatic N) is 2. The molecule has 24 heavy (non-hydrogen) atoms. The first-order valence-corrected chi connectivity index (χ1v) is 8.38. The summed E-state index contributed by atoms with van der Waals surface area (Å²) in [5.74, 6) is -0.179. The van der Waals surface area contributed by atoms with Gasteiger partial charge in [0.15, 0.2) is 0 Å². The first-order valence-electron chi connectivity index (χ1n) is 8.38. The highest BCUT2D eigenvalue weighted by Crippen LogP contribution is 2.43. The molecule has 0 aromatic heterocycles. The fourth-order valence-corrected chi connectivity index (χ4v) is 3.65. The van der Waals surface area contributed by atoms with Crippen molar-refractivity contribution in [2.24, 2.45) is 0 Å². The van der Waals surface area contributed by atoms with Crippen LogP contribution < -0.4 is 10.2 Å². The van der Waals surface area contributed by atoms with Gasteiger partial charge in [-0.2, -0.15) is 0 Å². The first kappa shape index (κ1) is 16.5. The lowest BCUT2D eigenvalue weighted by atomic mass is 9.98. The van der Waals surface area contributed by atoms with Crippen LogP contribution in [0.2, 0.25) is 0 Å². The zero-order valence-corrected chi connectivity index (χ0v) is 14.3. The van der Waals surface area contributed by atoms with Gasteiger partial charge < -0.3 is 10.2 Å². The molecular formula is C18H23N3O3. The lowest BCUT2D eigenvalue weighted by Crippen LogP contribution is -2.62. The minimum atomic E-state index is -0.694. The lowest BCUT2D eigenvalue weighted by Gasteiger charge is -2.48. The predicted octanol–water partition coefficient (Wildman–Crippen LogP) is 1.90. The second-order valence-corrected chi connectivity index (χ2v) is 6.89. The van der Waals surface area contributed by atoms with E-state index in [1.165, 1.54) is 0 Å². The van der Waals surface area contributed by atoms with Crippen LogP contribution in [0.15, 0.2) is 24.3 Å². The number of carbonyl (C=O) groups excluding carboxylic acids is 3. The fraction of sp³-hybridized carbons (Fsp3) is 0.500. The Bertz CT molecular complexity index is 701. The van der Waals surface area contributed by atoms with E-state index in [1.54, 1.807) is 21.9 Å². The number of hydrogen-bond acceptors (Lipinski definition) is 3. The van der Waals surface area contributed by atoms with Crippen LogP contribution in [0.1, 0.15) is 50.4 Å². The van der Waals surface area contributed by atoms with Crippen molar-refractivity contribution in [1.82, 2.24) is 10.2 Å². The van der Waals surface area contributed by atoms with Gasteiger partial charge in [-0.15, -0.1) is 0 Å². The van der Waals surface area contributed by atoms with Crippen molar-refractivity contribution in [3.8, 4) is 0 Å². The van der Waals surface area contributed by atoms with Crippen molar-refractivity contribution in [3.63, 3.8) is 0 Å². The SMILES string of the molecule is CC(C)NC(=O)CCN1C(=O)c2ccccc2N2C(=O)CC[C@]12C. The molecule has 1 aromatic carbocycles. The molecule has 2 aliphatic heterocycles. The van der Waals surface area contributed by atoms with E-state index in [0.29, 0.717) is 30.6 Å². The molecule has 0 bridgehead atoms. The third kappa shape index (κ3) is 2.56. The van der Waals surface area contributed by atoms with Crippen LogP contribution in [0.25, 0.3) is 0 Å². The number of amides is 3. The summed E-state index contributed by atoms with van der Waals surface area (Å²) in [6, 6.07) is 7.25. The summed E-state index contributed by atoms with van der Waals surface area (Å²) in [5.41, 5.74) is 0.505. The summed E-state index contributed by atoms with van der Waals surface area (Å²) in [5, 5.41) is 2.84. The highest BCUT2D eigenvalue weighted by Gasteiger charge is 2.52. The molecule has 0 saturated carbocycles. The highest BCUT2D eigenvalue weighted by atomic mass is 16.2. The monoisotopic (exact) mass is 329 g/mol. The summed E-state index contributed by atoms with van der Waals surface area (Å²) in [7, 11) is 0. The normalized spacial score (nSPS) is 22.7. The van der Waals surface area contributed by atoms with Crippen LogP contribution in [0.5, 0.6) is 0 Å². The molecule has 1 saturated heterocycles. The molecule has 3 rings (SSSR count). The third-order valence-corrected chi connectivity index (χ3v) is 4.76. The molecule has 1 aromatic rings. The van der Waals surface area contributed by atoms with Gasteiger partial charge in [0, 0.05) is 25.4 Å². The molecule has 128 valence electrons. The van der Waals surface area contributed by atoms with Crippen LogP contribution in [0.3, 0.4) is 0 Å². The van der Waals surface area contributed by atoms with Crippen molar-refractivity contribution in [2.45, 2.75) is 51.7 Å². The number of rotatable bonds is 4. The Balaban J connectivity index is 1.91. The minimum absolute atomic E-state index is 0.0223. The number of carbonyl (C=O) groups is 3. The largest absolute Gasteiger partial charge is 0.354 e. The lowest BCUT2D eigenvalue weighted by molar-refractivity contribution is -0.122. The van der Waals surface area contributed by atoms with E-state index in [9.17, 15) is 14.4 Å². The molecule has 2 heterocycles. The van der Waals surface area contributed by atoms with Crippen LogP contribution in [0.4, 0.5) is 5.69 Å². The topological polar surface area (TPSA) is 69.7 Å². The van der Waals surface area contributed by atoms with Gasteiger partial charge in [-0.1, -0.05) is 12.1 Å². The Morgan fingerprint density at radius 2 is 2.00 bits per heavy atom. The second kappa shape index (κ2) is 5.92.